The van der Waals surface area contributed by atoms with E-state index >= 15 is 0 Å². The monoisotopic (exact) mass is 292 g/mol. The van der Waals surface area contributed by atoms with Crippen LogP contribution in [0, 0.1) is 16.0 Å². The Balaban J connectivity index is 2.07. The molecule has 1 fully saturated rings. The zero-order valence-corrected chi connectivity index (χ0v) is 12.8. The Morgan fingerprint density at radius 1 is 1.33 bits per heavy atom. The fraction of sp³-hybridized carbons (Fsp3) is 0.625. The second-order valence-electron chi connectivity index (χ2n) is 5.76. The van der Waals surface area contributed by atoms with Gasteiger partial charge in [-0.3, -0.25) is 10.1 Å². The molecular formula is C16H24N2O3. The van der Waals surface area contributed by atoms with E-state index in [-0.39, 0.29) is 16.7 Å². The van der Waals surface area contributed by atoms with Gasteiger partial charge in [0.2, 0.25) is 0 Å². The standard InChI is InChI=1S/C16H24N2O3/c1-3-12-4-7-14(8-5-12)21-16-9-6-13(11-17-2)10-15(16)18(19)20/h6,9-10,12,14,17H,3-5,7-8,11H2,1-2H3. The van der Waals surface area contributed by atoms with Crippen molar-refractivity contribution in [3.8, 4) is 5.75 Å². The van der Waals surface area contributed by atoms with Crippen molar-refractivity contribution in [3.05, 3.63) is 33.9 Å². The Morgan fingerprint density at radius 3 is 2.62 bits per heavy atom. The molecule has 0 spiro atoms. The molecule has 1 N–H and O–H groups in total. The number of benzene rings is 1. The zero-order chi connectivity index (χ0) is 15.2. The molecule has 0 unspecified atom stereocenters. The van der Waals surface area contributed by atoms with E-state index in [2.05, 4.69) is 12.2 Å². The van der Waals surface area contributed by atoms with Crippen molar-refractivity contribution < 1.29 is 9.66 Å². The van der Waals surface area contributed by atoms with E-state index in [9.17, 15) is 10.1 Å². The predicted octanol–water partition coefficient (Wildman–Crippen LogP) is 3.66. The Hall–Kier alpha value is -1.62. The highest BCUT2D eigenvalue weighted by atomic mass is 16.6. The summed E-state index contributed by atoms with van der Waals surface area (Å²) in [5.41, 5.74) is 0.964. The van der Waals surface area contributed by atoms with E-state index in [1.165, 1.54) is 6.42 Å². The van der Waals surface area contributed by atoms with Gasteiger partial charge in [-0.05, 0) is 50.3 Å². The van der Waals surface area contributed by atoms with Gasteiger partial charge in [-0.15, -0.1) is 0 Å². The molecule has 21 heavy (non-hydrogen) atoms. The molecule has 0 radical (unpaired) electrons. The molecule has 0 amide bonds. The summed E-state index contributed by atoms with van der Waals surface area (Å²) in [6.07, 6.45) is 5.63. The second kappa shape index (κ2) is 7.41. The van der Waals surface area contributed by atoms with E-state index in [1.807, 2.05) is 13.1 Å². The normalized spacial score (nSPS) is 22.0. The molecule has 1 aromatic carbocycles. The molecule has 5 nitrogen and oxygen atoms in total. The lowest BCUT2D eigenvalue weighted by molar-refractivity contribution is -0.386. The van der Waals surface area contributed by atoms with Gasteiger partial charge >= 0.3 is 5.69 Å². The Kier molecular flexibility index (Phi) is 5.56. The minimum Gasteiger partial charge on any atom is -0.484 e. The summed E-state index contributed by atoms with van der Waals surface area (Å²) >= 11 is 0. The Bertz CT molecular complexity index is 482. The number of nitro benzene ring substituents is 1. The van der Waals surface area contributed by atoms with E-state index in [4.69, 9.17) is 4.74 Å². The molecule has 0 bridgehead atoms. The van der Waals surface area contributed by atoms with E-state index in [1.54, 1.807) is 12.1 Å². The lowest BCUT2D eigenvalue weighted by Crippen LogP contribution is -2.24. The molecule has 1 aliphatic rings. The first kappa shape index (κ1) is 15.8. The highest BCUT2D eigenvalue weighted by molar-refractivity contribution is 5.48. The summed E-state index contributed by atoms with van der Waals surface area (Å²) in [5.74, 6) is 1.19. The van der Waals surface area contributed by atoms with Crippen molar-refractivity contribution in [3.63, 3.8) is 0 Å². The van der Waals surface area contributed by atoms with Crippen LogP contribution in [-0.2, 0) is 6.54 Å². The van der Waals surface area contributed by atoms with Crippen LogP contribution >= 0.6 is 0 Å². The average molecular weight is 292 g/mol. The van der Waals surface area contributed by atoms with E-state index < -0.39 is 0 Å². The molecule has 1 saturated carbocycles. The number of nitrogens with one attached hydrogen (secondary N) is 1. The third-order valence-corrected chi connectivity index (χ3v) is 4.27. The second-order valence-corrected chi connectivity index (χ2v) is 5.76. The number of hydrogen-bond acceptors (Lipinski definition) is 4. The molecule has 2 rings (SSSR count). The highest BCUT2D eigenvalue weighted by Gasteiger charge is 2.24. The molecule has 0 aliphatic heterocycles. The van der Waals surface area contributed by atoms with Crippen molar-refractivity contribution in [1.82, 2.24) is 5.32 Å². The molecule has 0 aromatic heterocycles. The number of rotatable bonds is 6. The van der Waals surface area contributed by atoms with E-state index in [0.717, 1.165) is 37.2 Å². The highest BCUT2D eigenvalue weighted by Crippen LogP contribution is 2.33. The molecule has 1 aliphatic carbocycles. The molecular weight excluding hydrogens is 268 g/mol. The molecule has 5 heteroatoms. The maximum absolute atomic E-state index is 11.2. The van der Waals surface area contributed by atoms with Gasteiger partial charge in [0.05, 0.1) is 11.0 Å². The van der Waals surface area contributed by atoms with Crippen LogP contribution in [0.2, 0.25) is 0 Å². The average Bonchev–Trinajstić information content (AvgIpc) is 2.49. The van der Waals surface area contributed by atoms with Gasteiger partial charge in [-0.25, -0.2) is 0 Å². The molecule has 0 atom stereocenters. The first-order chi connectivity index (χ1) is 10.1. The maximum Gasteiger partial charge on any atom is 0.311 e. The summed E-state index contributed by atoms with van der Waals surface area (Å²) in [4.78, 5) is 10.9. The van der Waals surface area contributed by atoms with E-state index in [0.29, 0.717) is 12.3 Å². The molecule has 0 heterocycles. The predicted molar refractivity (Wildman–Crippen MR) is 82.5 cm³/mol. The maximum atomic E-state index is 11.2. The van der Waals surface area contributed by atoms with Gasteiger partial charge in [-0.2, -0.15) is 0 Å². The topological polar surface area (TPSA) is 64.4 Å². The lowest BCUT2D eigenvalue weighted by atomic mass is 9.86. The van der Waals surface area contributed by atoms with Crippen LogP contribution in [0.1, 0.15) is 44.6 Å². The lowest BCUT2D eigenvalue weighted by Gasteiger charge is -2.28. The summed E-state index contributed by atoms with van der Waals surface area (Å²) in [6, 6.07) is 5.22. The van der Waals surface area contributed by atoms with Crippen molar-refractivity contribution in [2.75, 3.05) is 7.05 Å². The van der Waals surface area contributed by atoms with Crippen molar-refractivity contribution in [2.45, 2.75) is 51.7 Å². The van der Waals surface area contributed by atoms with Gasteiger partial charge in [0.15, 0.2) is 5.75 Å². The Labute approximate surface area is 125 Å². The number of ether oxygens (including phenoxy) is 1. The molecule has 1 aromatic rings. The number of hydrogen-bond donors (Lipinski definition) is 1. The van der Waals surface area contributed by atoms with Crippen LogP contribution in [0.25, 0.3) is 0 Å². The third kappa shape index (κ3) is 4.17. The van der Waals surface area contributed by atoms with Crippen molar-refractivity contribution in [1.29, 1.82) is 0 Å². The van der Waals surface area contributed by atoms with Crippen LogP contribution < -0.4 is 10.1 Å². The summed E-state index contributed by atoms with van der Waals surface area (Å²) in [7, 11) is 1.82. The van der Waals surface area contributed by atoms with Gasteiger partial charge in [0.1, 0.15) is 0 Å². The van der Waals surface area contributed by atoms with Crippen LogP contribution in [0.15, 0.2) is 18.2 Å². The van der Waals surface area contributed by atoms with Crippen molar-refractivity contribution in [2.24, 2.45) is 5.92 Å². The van der Waals surface area contributed by atoms with Crippen LogP contribution in [0.5, 0.6) is 5.75 Å². The first-order valence-corrected chi connectivity index (χ1v) is 7.72. The zero-order valence-electron chi connectivity index (χ0n) is 12.8. The fourth-order valence-corrected chi connectivity index (χ4v) is 2.96. The van der Waals surface area contributed by atoms with Crippen LogP contribution in [0.4, 0.5) is 5.69 Å². The SMILES string of the molecule is CCC1CCC(Oc2ccc(CNC)cc2[N+](=O)[O-])CC1. The fourth-order valence-electron chi connectivity index (χ4n) is 2.96. The van der Waals surface area contributed by atoms with Crippen LogP contribution in [-0.4, -0.2) is 18.1 Å². The largest absolute Gasteiger partial charge is 0.484 e. The minimum atomic E-state index is -0.355. The third-order valence-electron chi connectivity index (χ3n) is 4.27. The summed E-state index contributed by atoms with van der Waals surface area (Å²) in [6.45, 7) is 2.83. The van der Waals surface area contributed by atoms with Gasteiger partial charge in [0.25, 0.3) is 0 Å². The smallest absolute Gasteiger partial charge is 0.311 e. The summed E-state index contributed by atoms with van der Waals surface area (Å²) < 4.78 is 5.91. The van der Waals surface area contributed by atoms with Gasteiger partial charge in [-0.1, -0.05) is 19.4 Å². The number of nitrogens with zero attached hydrogens (tertiary/aromatic N) is 1. The molecule has 0 saturated heterocycles. The van der Waals surface area contributed by atoms with Gasteiger partial charge < -0.3 is 10.1 Å². The van der Waals surface area contributed by atoms with Gasteiger partial charge in [0, 0.05) is 12.6 Å². The quantitative estimate of drug-likeness (QED) is 0.642. The summed E-state index contributed by atoms with van der Waals surface area (Å²) in [5, 5.41) is 14.2. The first-order valence-electron chi connectivity index (χ1n) is 7.72. The van der Waals surface area contributed by atoms with Crippen molar-refractivity contribution >= 4 is 5.69 Å². The minimum absolute atomic E-state index is 0.0698. The Morgan fingerprint density at radius 2 is 2.05 bits per heavy atom. The number of nitro groups is 1. The van der Waals surface area contributed by atoms with Crippen LogP contribution in [0.3, 0.4) is 0 Å². The molecule has 116 valence electrons.